The standard InChI is InChI=1S/C9H15N3O6/c13-2-4-1-12(11-10-4)9-8(17)7(16)6(15)5(3-14)18-9/h1,5-9,13-17H,2-3H2/t5-,6-,7+,8-,9+/m1/s1. The minimum absolute atomic E-state index is 0.270. The quantitative estimate of drug-likeness (QED) is 0.382. The monoisotopic (exact) mass is 261 g/mol. The lowest BCUT2D eigenvalue weighted by molar-refractivity contribution is -0.254. The van der Waals surface area contributed by atoms with E-state index in [9.17, 15) is 15.3 Å². The van der Waals surface area contributed by atoms with E-state index in [0.717, 1.165) is 4.68 Å². The van der Waals surface area contributed by atoms with E-state index >= 15 is 0 Å². The van der Waals surface area contributed by atoms with Crippen molar-refractivity contribution in [3.05, 3.63) is 11.9 Å². The van der Waals surface area contributed by atoms with Crippen molar-refractivity contribution in [2.24, 2.45) is 0 Å². The van der Waals surface area contributed by atoms with Gasteiger partial charge in [-0.15, -0.1) is 5.10 Å². The van der Waals surface area contributed by atoms with Crippen LogP contribution in [0.3, 0.4) is 0 Å². The smallest absolute Gasteiger partial charge is 0.180 e. The highest BCUT2D eigenvalue weighted by molar-refractivity contribution is 4.95. The maximum atomic E-state index is 9.79. The van der Waals surface area contributed by atoms with Crippen LogP contribution in [0, 0.1) is 0 Å². The molecule has 0 bridgehead atoms. The first-order valence-electron chi connectivity index (χ1n) is 5.40. The molecule has 0 radical (unpaired) electrons. The van der Waals surface area contributed by atoms with Crippen LogP contribution in [0.1, 0.15) is 11.9 Å². The van der Waals surface area contributed by atoms with Gasteiger partial charge < -0.3 is 30.3 Å². The van der Waals surface area contributed by atoms with E-state index in [-0.39, 0.29) is 12.3 Å². The molecule has 5 N–H and O–H groups in total. The van der Waals surface area contributed by atoms with Crippen LogP contribution in [-0.2, 0) is 11.3 Å². The Morgan fingerprint density at radius 3 is 2.44 bits per heavy atom. The number of aliphatic hydroxyl groups is 5. The molecule has 0 aromatic carbocycles. The molecule has 0 aliphatic carbocycles. The molecule has 1 aliphatic rings. The van der Waals surface area contributed by atoms with Crippen LogP contribution in [0.4, 0.5) is 0 Å². The third kappa shape index (κ3) is 2.23. The Labute approximate surface area is 102 Å². The predicted octanol–water partition coefficient (Wildman–Crippen LogP) is -3.26. The van der Waals surface area contributed by atoms with Crippen LogP contribution in [0.2, 0.25) is 0 Å². The van der Waals surface area contributed by atoms with Gasteiger partial charge in [0.2, 0.25) is 0 Å². The molecule has 2 rings (SSSR count). The number of aromatic nitrogens is 3. The van der Waals surface area contributed by atoms with E-state index in [0.29, 0.717) is 0 Å². The summed E-state index contributed by atoms with van der Waals surface area (Å²) in [4.78, 5) is 0. The normalized spacial score (nSPS) is 36.8. The third-order valence-electron chi connectivity index (χ3n) is 2.85. The molecule has 9 heteroatoms. The SMILES string of the molecule is OCc1cn([C@H]2O[C@H](CO)[C@@H](O)[C@H](O)[C@H]2O)nn1. The van der Waals surface area contributed by atoms with Crippen LogP contribution in [0.15, 0.2) is 6.20 Å². The number of hydrogen-bond acceptors (Lipinski definition) is 8. The van der Waals surface area contributed by atoms with E-state index in [1.165, 1.54) is 6.20 Å². The first-order valence-corrected chi connectivity index (χ1v) is 5.40. The molecule has 0 unspecified atom stereocenters. The Morgan fingerprint density at radius 1 is 1.17 bits per heavy atom. The Hall–Kier alpha value is -1.10. The van der Waals surface area contributed by atoms with Crippen molar-refractivity contribution < 1.29 is 30.3 Å². The predicted molar refractivity (Wildman–Crippen MR) is 55.0 cm³/mol. The van der Waals surface area contributed by atoms with Crippen molar-refractivity contribution in [2.45, 2.75) is 37.3 Å². The van der Waals surface area contributed by atoms with Crippen LogP contribution in [0.25, 0.3) is 0 Å². The van der Waals surface area contributed by atoms with Crippen molar-refractivity contribution in [1.82, 2.24) is 15.0 Å². The van der Waals surface area contributed by atoms with Gasteiger partial charge in [0, 0.05) is 0 Å². The molecule has 9 nitrogen and oxygen atoms in total. The molecule has 2 heterocycles. The fourth-order valence-electron chi connectivity index (χ4n) is 1.81. The zero-order chi connectivity index (χ0) is 13.3. The Kier molecular flexibility index (Phi) is 3.90. The molecular formula is C9H15N3O6. The second kappa shape index (κ2) is 5.26. The van der Waals surface area contributed by atoms with Crippen molar-refractivity contribution in [2.75, 3.05) is 6.61 Å². The van der Waals surface area contributed by atoms with Gasteiger partial charge in [0.1, 0.15) is 30.1 Å². The Bertz CT molecular complexity index is 397. The summed E-state index contributed by atoms with van der Waals surface area (Å²) in [7, 11) is 0. The van der Waals surface area contributed by atoms with Crippen molar-refractivity contribution in [1.29, 1.82) is 0 Å². The number of aliphatic hydroxyl groups excluding tert-OH is 5. The van der Waals surface area contributed by atoms with Gasteiger partial charge in [-0.05, 0) is 0 Å². The third-order valence-corrected chi connectivity index (χ3v) is 2.85. The van der Waals surface area contributed by atoms with E-state index in [1.54, 1.807) is 0 Å². The first-order chi connectivity index (χ1) is 8.58. The molecule has 1 aromatic heterocycles. The molecule has 1 aromatic rings. The number of rotatable bonds is 3. The Balaban J connectivity index is 2.21. The summed E-state index contributed by atoms with van der Waals surface area (Å²) in [6.07, 6.45) is -5.06. The fourth-order valence-corrected chi connectivity index (χ4v) is 1.81. The number of hydrogen-bond donors (Lipinski definition) is 5. The van der Waals surface area contributed by atoms with Crippen LogP contribution in [0.5, 0.6) is 0 Å². The Morgan fingerprint density at radius 2 is 1.89 bits per heavy atom. The van der Waals surface area contributed by atoms with E-state index < -0.39 is 37.3 Å². The van der Waals surface area contributed by atoms with Crippen molar-refractivity contribution in [3.63, 3.8) is 0 Å². The summed E-state index contributed by atoms with van der Waals surface area (Å²) >= 11 is 0. The largest absolute Gasteiger partial charge is 0.394 e. The van der Waals surface area contributed by atoms with Gasteiger partial charge in [0.15, 0.2) is 6.23 Å². The molecule has 0 spiro atoms. The highest BCUT2D eigenvalue weighted by Gasteiger charge is 2.44. The molecule has 1 saturated heterocycles. The van der Waals surface area contributed by atoms with Crippen LogP contribution >= 0.6 is 0 Å². The molecular weight excluding hydrogens is 246 g/mol. The van der Waals surface area contributed by atoms with Crippen molar-refractivity contribution >= 4 is 0 Å². The molecule has 18 heavy (non-hydrogen) atoms. The van der Waals surface area contributed by atoms with Crippen LogP contribution in [-0.4, -0.2) is 71.5 Å². The second-order valence-electron chi connectivity index (χ2n) is 4.07. The molecule has 1 fully saturated rings. The van der Waals surface area contributed by atoms with Crippen LogP contribution < -0.4 is 0 Å². The number of nitrogens with zero attached hydrogens (tertiary/aromatic N) is 3. The number of ether oxygens (including phenoxy) is 1. The van der Waals surface area contributed by atoms with E-state index in [4.69, 9.17) is 14.9 Å². The highest BCUT2D eigenvalue weighted by Crippen LogP contribution is 2.27. The lowest BCUT2D eigenvalue weighted by Crippen LogP contribution is -2.56. The summed E-state index contributed by atoms with van der Waals surface area (Å²) in [5.41, 5.74) is 0.270. The summed E-state index contributed by atoms with van der Waals surface area (Å²) < 4.78 is 6.36. The van der Waals surface area contributed by atoms with Crippen molar-refractivity contribution in [3.8, 4) is 0 Å². The minimum Gasteiger partial charge on any atom is -0.394 e. The maximum absolute atomic E-state index is 9.79. The van der Waals surface area contributed by atoms with Gasteiger partial charge in [-0.3, -0.25) is 0 Å². The summed E-state index contributed by atoms with van der Waals surface area (Å²) in [6, 6.07) is 0. The van der Waals surface area contributed by atoms with Gasteiger partial charge in [-0.1, -0.05) is 5.21 Å². The maximum Gasteiger partial charge on any atom is 0.180 e. The molecule has 5 atom stereocenters. The topological polar surface area (TPSA) is 141 Å². The van der Waals surface area contributed by atoms with Gasteiger partial charge in [0.05, 0.1) is 19.4 Å². The summed E-state index contributed by atoms with van der Waals surface area (Å²) in [5, 5.41) is 54.1. The first kappa shape index (κ1) is 13.3. The molecule has 0 saturated carbocycles. The lowest BCUT2D eigenvalue weighted by atomic mass is 9.98. The average Bonchev–Trinajstić information content (AvgIpc) is 2.85. The zero-order valence-electron chi connectivity index (χ0n) is 9.36. The summed E-state index contributed by atoms with van der Waals surface area (Å²) in [5.74, 6) is 0. The molecule has 1 aliphatic heterocycles. The van der Waals surface area contributed by atoms with Gasteiger partial charge in [-0.25, -0.2) is 4.68 Å². The highest BCUT2D eigenvalue weighted by atomic mass is 16.6. The fraction of sp³-hybridized carbons (Fsp3) is 0.778. The van der Waals surface area contributed by atoms with Gasteiger partial charge >= 0.3 is 0 Å². The summed E-state index contributed by atoms with van der Waals surface area (Å²) in [6.45, 7) is -0.833. The minimum atomic E-state index is -1.47. The molecule has 0 amide bonds. The second-order valence-corrected chi connectivity index (χ2v) is 4.07. The zero-order valence-corrected chi connectivity index (χ0v) is 9.36. The van der Waals surface area contributed by atoms with Gasteiger partial charge in [0.25, 0.3) is 0 Å². The molecule has 102 valence electrons. The van der Waals surface area contributed by atoms with Gasteiger partial charge in [-0.2, -0.15) is 0 Å². The van der Waals surface area contributed by atoms with E-state index in [1.807, 2.05) is 0 Å². The lowest BCUT2D eigenvalue weighted by Gasteiger charge is -2.39. The average molecular weight is 261 g/mol. The van der Waals surface area contributed by atoms with E-state index in [2.05, 4.69) is 10.3 Å².